The maximum atomic E-state index is 13.6. The van der Waals surface area contributed by atoms with Crippen molar-refractivity contribution in [2.45, 2.75) is 117 Å². The summed E-state index contributed by atoms with van der Waals surface area (Å²) in [5.41, 5.74) is 17.0. The van der Waals surface area contributed by atoms with Crippen LogP contribution in [0.25, 0.3) is 55.7 Å². The molecule has 0 saturated carbocycles. The Bertz CT molecular complexity index is 5300. The van der Waals surface area contributed by atoms with Crippen molar-refractivity contribution in [1.82, 2.24) is 48.7 Å². The summed E-state index contributed by atoms with van der Waals surface area (Å²) in [5, 5.41) is 6.51. The van der Waals surface area contributed by atoms with Crippen LogP contribution in [0.2, 0.25) is 15.3 Å². The molecule has 14 rings (SSSR count). The fraction of sp³-hybridized carbons (Fsp3) is 0.256. The van der Waals surface area contributed by atoms with Crippen molar-refractivity contribution in [3.8, 4) is 33.9 Å². The van der Waals surface area contributed by atoms with Crippen LogP contribution < -0.4 is 11.1 Å². The number of ether oxygens (including phenoxy) is 4. The van der Waals surface area contributed by atoms with E-state index in [1.165, 1.54) is 6.20 Å². The highest BCUT2D eigenvalue weighted by atomic mass is 35.5. The van der Waals surface area contributed by atoms with Crippen molar-refractivity contribution >= 4 is 121 Å². The summed E-state index contributed by atoms with van der Waals surface area (Å²) in [7, 11) is 0. The van der Waals surface area contributed by atoms with Crippen LogP contribution in [0, 0.1) is 0 Å². The quantitative estimate of drug-likeness (QED) is 0.0516. The highest BCUT2D eigenvalue weighted by Gasteiger charge is 2.36. The third-order valence-corrected chi connectivity index (χ3v) is 18.9. The average Bonchev–Trinajstić information content (AvgIpc) is 1.63. The molecule has 4 amide bonds. The highest BCUT2D eigenvalue weighted by molar-refractivity contribution is 7.52. The Balaban J connectivity index is 0.000000193. The van der Waals surface area contributed by atoms with Crippen molar-refractivity contribution in [2.75, 3.05) is 37.2 Å². The Hall–Kier alpha value is -11.8. The minimum atomic E-state index is -0.750. The van der Waals surface area contributed by atoms with Crippen molar-refractivity contribution < 1.29 is 55.0 Å². The number of para-hydroxylation sites is 4. The lowest BCUT2D eigenvalue weighted by Crippen LogP contribution is -2.52. The first kappa shape index (κ1) is 85.6. The molecule has 4 aromatic heterocycles. The first-order valence-corrected chi connectivity index (χ1v) is 39.3. The third kappa shape index (κ3) is 24.6. The van der Waals surface area contributed by atoms with Gasteiger partial charge in [0.15, 0.2) is 0 Å². The predicted octanol–water partition coefficient (Wildman–Crippen LogP) is 18.9. The van der Waals surface area contributed by atoms with Gasteiger partial charge in [-0.25, -0.2) is 39.1 Å². The normalized spacial score (nSPS) is 13.7. The van der Waals surface area contributed by atoms with Crippen LogP contribution in [-0.2, 0) is 68.4 Å². The molecule has 6 heterocycles. The number of likely N-dealkylation sites (tertiary alicyclic amines) is 2. The first-order chi connectivity index (χ1) is 55.4. The molecule has 0 spiro atoms. The fourth-order valence-corrected chi connectivity index (χ4v) is 13.5. The average molecular weight is 1650 g/mol. The molecule has 0 bridgehead atoms. The van der Waals surface area contributed by atoms with E-state index in [4.69, 9.17) is 81.3 Å². The van der Waals surface area contributed by atoms with Crippen molar-refractivity contribution in [2.24, 2.45) is 0 Å². The number of carbonyl (C=O) groups excluding carboxylic acids is 4. The Morgan fingerprint density at radius 1 is 0.487 bits per heavy atom. The lowest BCUT2D eigenvalue weighted by molar-refractivity contribution is 0.00193. The Kier molecular flexibility index (Phi) is 30.7. The summed E-state index contributed by atoms with van der Waals surface area (Å²) in [6.07, 6.45) is 8.71. The number of amides is 4. The largest absolute Gasteiger partial charge is 0.445 e. The van der Waals surface area contributed by atoms with E-state index in [1.54, 1.807) is 25.8 Å². The molecule has 2 saturated heterocycles. The molecule has 3 N–H and O–H groups in total. The molecule has 115 heavy (non-hydrogen) atoms. The zero-order valence-corrected chi connectivity index (χ0v) is 68.0. The second kappa shape index (κ2) is 41.3. The van der Waals surface area contributed by atoms with Gasteiger partial charge in [0, 0.05) is 96.3 Å². The number of nitrogens with two attached hydrogens (primary N) is 1. The summed E-state index contributed by atoms with van der Waals surface area (Å²) >= 11 is 17.5. The van der Waals surface area contributed by atoms with Crippen LogP contribution in [0.1, 0.15) is 89.5 Å². The molecule has 0 radical (unpaired) electrons. The van der Waals surface area contributed by atoms with Gasteiger partial charge in [-0.05, 0) is 162 Å². The van der Waals surface area contributed by atoms with Gasteiger partial charge in [-0.2, -0.15) is 16.8 Å². The number of halogens is 3. The first-order valence-electron chi connectivity index (χ1n) is 36.9. The summed E-state index contributed by atoms with van der Waals surface area (Å²) < 4.78 is 60.1. The number of aromatic nitrogens is 6. The van der Waals surface area contributed by atoms with Gasteiger partial charge in [-0.15, -0.1) is 0 Å². The van der Waals surface area contributed by atoms with Gasteiger partial charge in [0.05, 0.1) is 56.9 Å². The molecule has 2 atom stereocenters. The molecule has 2 aliphatic rings. The van der Waals surface area contributed by atoms with E-state index < -0.39 is 46.5 Å². The third-order valence-electron chi connectivity index (χ3n) is 18.2. The molecular formula is C86H87Cl3N12O12S2. The van der Waals surface area contributed by atoms with Crippen LogP contribution in [-0.4, -0.2) is 139 Å². The zero-order valence-electron chi connectivity index (χ0n) is 64.1. The maximum absolute atomic E-state index is 13.6. The SMILES string of the molecule is CC(C)(C)OC(=O)N(Cc1ccc(N)cc1)[C@@H]1CCCN(C(=O)OCc2ccccc2)C1.CC(C)(C)OC(=O)N(Cc1ccc(Nc2ncc(Cl)c(-c3cn(-c4ccccc4)c4ccccc34)n2)cc1)[C@@H]1CCCN(C(=O)OCc2ccccc2)C1.Clc1ncc(Cl)c(-c2cn(-c3ccccc3)c3ccccc23)n1.O=S=O.O=S=O. The van der Waals surface area contributed by atoms with Gasteiger partial charge in [0.1, 0.15) is 24.4 Å². The van der Waals surface area contributed by atoms with E-state index >= 15 is 0 Å². The number of nitrogen functional groups attached to an aromatic ring is 1. The lowest BCUT2D eigenvalue weighted by Gasteiger charge is -2.39. The van der Waals surface area contributed by atoms with Crippen LogP contribution >= 0.6 is 34.8 Å². The zero-order chi connectivity index (χ0) is 82.0. The van der Waals surface area contributed by atoms with Gasteiger partial charge in [-0.3, -0.25) is 9.80 Å². The molecule has 0 unspecified atom stereocenters. The standard InChI is InChI=1S/C43H43ClN6O4.C25H33N3O4.C18H11Cl2N3.2O2S/c1-43(2,3)54-42(52)50(34-17-12-24-48(27-34)41(51)53-29-31-13-6-4-7-14-31)26-30-20-22-32(23-21-30)46-40-45-25-37(44)39(47-40)36-28-49(33-15-8-5-9-16-33)38-19-11-10-18-35(36)38;1-25(2,3)32-24(30)28(16-19-11-13-21(26)14-12-19)22-10-7-15-27(17-22)23(29)31-18-20-8-5-4-6-9-20;19-15-10-21-18(20)22-17(15)14-11-23(12-6-2-1-3-7-12)16-9-5-4-8-13(14)16;2*1-3-2/h4-11,13-16,18-23,25,28,34H,12,17,24,26-27,29H2,1-3H3,(H,45,46,47);4-6,8-9,11-14,22H,7,10,15-18,26H2,1-3H3;1-11H;;/t34-;22-;;;/m11.../s1. The smallest absolute Gasteiger partial charge is 0.410 e. The Morgan fingerprint density at radius 2 is 0.861 bits per heavy atom. The molecule has 2 aliphatic heterocycles. The van der Waals surface area contributed by atoms with E-state index in [0.29, 0.717) is 72.3 Å². The Morgan fingerprint density at radius 3 is 1.28 bits per heavy atom. The second-order valence-corrected chi connectivity index (χ2v) is 30.2. The number of piperidine rings is 2. The molecule has 12 aromatic rings. The fourth-order valence-electron chi connectivity index (χ4n) is 13.0. The van der Waals surface area contributed by atoms with E-state index in [9.17, 15) is 19.2 Å². The van der Waals surface area contributed by atoms with Crippen LogP contribution in [0.4, 0.5) is 36.5 Å². The van der Waals surface area contributed by atoms with E-state index in [2.05, 4.69) is 84.1 Å². The summed E-state index contributed by atoms with van der Waals surface area (Å²) in [6, 6.07) is 70.6. The van der Waals surface area contributed by atoms with Gasteiger partial charge >= 0.3 is 47.5 Å². The second-order valence-electron chi connectivity index (χ2n) is 28.7. The van der Waals surface area contributed by atoms with Crippen LogP contribution in [0.3, 0.4) is 0 Å². The summed E-state index contributed by atoms with van der Waals surface area (Å²) in [6.45, 7) is 14.1. The van der Waals surface area contributed by atoms with E-state index in [-0.39, 0.29) is 42.8 Å². The van der Waals surface area contributed by atoms with Gasteiger partial charge in [0.25, 0.3) is 0 Å². The summed E-state index contributed by atoms with van der Waals surface area (Å²) in [4.78, 5) is 76.8. The van der Waals surface area contributed by atoms with Crippen molar-refractivity contribution in [3.05, 3.63) is 281 Å². The molecule has 0 aliphatic carbocycles. The minimum Gasteiger partial charge on any atom is -0.445 e. The van der Waals surface area contributed by atoms with Crippen LogP contribution in [0.5, 0.6) is 0 Å². The molecule has 8 aromatic carbocycles. The van der Waals surface area contributed by atoms with Gasteiger partial charge in [0.2, 0.25) is 11.2 Å². The maximum Gasteiger partial charge on any atom is 0.410 e. The van der Waals surface area contributed by atoms with E-state index in [1.807, 2.05) is 218 Å². The number of hydrogen-bond donors (Lipinski definition) is 2. The number of nitrogens with one attached hydrogen (secondary N) is 1. The molecule has 2 fully saturated rings. The number of fused-ring (bicyclic) bond motifs is 2. The van der Waals surface area contributed by atoms with Gasteiger partial charge < -0.3 is 48.9 Å². The number of carbonyl (C=O) groups is 4. The monoisotopic (exact) mass is 1650 g/mol. The lowest BCUT2D eigenvalue weighted by atomic mass is 10.0. The Labute approximate surface area is 689 Å². The van der Waals surface area contributed by atoms with Crippen LogP contribution in [0.15, 0.2) is 243 Å². The number of rotatable bonds is 16. The molecule has 29 heteroatoms. The molecule has 24 nitrogen and oxygen atoms in total. The number of benzene rings is 8. The number of hydrogen-bond acceptors (Lipinski definition) is 18. The molecule has 596 valence electrons. The van der Waals surface area contributed by atoms with Gasteiger partial charge in [-0.1, -0.05) is 181 Å². The van der Waals surface area contributed by atoms with Crippen molar-refractivity contribution in [1.29, 1.82) is 0 Å². The molecular weight excluding hydrogens is 1560 g/mol. The summed E-state index contributed by atoms with van der Waals surface area (Å²) in [5.74, 6) is 0.399. The van der Waals surface area contributed by atoms with Crippen molar-refractivity contribution in [3.63, 3.8) is 0 Å². The number of anilines is 3. The minimum absolute atomic E-state index is 0.166. The predicted molar refractivity (Wildman–Crippen MR) is 448 cm³/mol. The topological polar surface area (TPSA) is 286 Å². The number of nitrogens with zero attached hydrogens (tertiary/aromatic N) is 10. The van der Waals surface area contributed by atoms with E-state index in [0.717, 1.165) is 97.9 Å². The highest BCUT2D eigenvalue weighted by Crippen LogP contribution is 2.38.